The van der Waals surface area contributed by atoms with Gasteiger partial charge in [0.1, 0.15) is 30.8 Å². The van der Waals surface area contributed by atoms with Crippen LogP contribution in [0.4, 0.5) is 0 Å². The molecule has 0 aliphatic rings. The molecule has 2 atom stereocenters. The molecule has 2 unspecified atom stereocenters. The minimum atomic E-state index is -0.668. The summed E-state index contributed by atoms with van der Waals surface area (Å²) in [4.78, 5) is 0. The molecule has 0 aliphatic heterocycles. The smallest absolute Gasteiger partial charge is 0.122 e. The number of rotatable bonds is 11. The fourth-order valence-electron chi connectivity index (χ4n) is 4.81. The molecule has 3 aromatic carbocycles. The van der Waals surface area contributed by atoms with E-state index in [0.717, 1.165) is 41.0 Å². The van der Waals surface area contributed by atoms with Crippen LogP contribution in [0.2, 0.25) is 0 Å². The number of aryl methyl sites for hydroxylation is 2. The van der Waals surface area contributed by atoms with Gasteiger partial charge >= 0.3 is 0 Å². The van der Waals surface area contributed by atoms with Gasteiger partial charge in [0.05, 0.1) is 6.10 Å². The first-order valence-corrected chi connectivity index (χ1v) is 13.4. The maximum absolute atomic E-state index is 10.5. The zero-order valence-electron chi connectivity index (χ0n) is 23.5. The Hall–Kier alpha value is -2.82. The molecule has 4 heteroatoms. The Balaban J connectivity index is 1.80. The lowest BCUT2D eigenvalue weighted by Gasteiger charge is -2.34. The van der Waals surface area contributed by atoms with E-state index < -0.39 is 12.2 Å². The summed E-state index contributed by atoms with van der Waals surface area (Å²) in [5.41, 5.74) is 5.12. The van der Waals surface area contributed by atoms with E-state index in [0.29, 0.717) is 0 Å². The molecule has 0 amide bonds. The van der Waals surface area contributed by atoms with Crippen molar-refractivity contribution in [3.63, 3.8) is 0 Å². The van der Waals surface area contributed by atoms with Crippen LogP contribution in [0.15, 0.2) is 66.7 Å². The summed E-state index contributed by atoms with van der Waals surface area (Å²) < 4.78 is 12.0. The van der Waals surface area contributed by atoms with Crippen LogP contribution in [-0.2, 0) is 5.41 Å². The number of aliphatic hydroxyl groups excluding tert-OH is 2. The molecule has 0 bridgehead atoms. The zero-order valence-corrected chi connectivity index (χ0v) is 23.5. The molecule has 200 valence electrons. The first kappa shape index (κ1) is 28.7. The summed E-state index contributed by atoms with van der Waals surface area (Å²) in [5, 5.41) is 20.9. The van der Waals surface area contributed by atoms with Crippen LogP contribution in [0.3, 0.4) is 0 Å². The van der Waals surface area contributed by atoms with Crippen LogP contribution in [0, 0.1) is 19.3 Å². The van der Waals surface area contributed by atoms with Gasteiger partial charge in [-0.3, -0.25) is 0 Å². The molecule has 2 N–H and O–H groups in total. The second kappa shape index (κ2) is 12.1. The Labute approximate surface area is 223 Å². The van der Waals surface area contributed by atoms with Gasteiger partial charge in [-0.1, -0.05) is 89.2 Å². The Kier molecular flexibility index (Phi) is 9.44. The van der Waals surface area contributed by atoms with Crippen molar-refractivity contribution in [3.8, 4) is 11.5 Å². The summed E-state index contributed by atoms with van der Waals surface area (Å²) in [6, 6.07) is 22.4. The fraction of sp³-hybridized carbons (Fsp3) is 0.455. The van der Waals surface area contributed by atoms with Gasteiger partial charge < -0.3 is 19.7 Å². The van der Waals surface area contributed by atoms with Crippen molar-refractivity contribution in [2.75, 3.05) is 13.2 Å². The van der Waals surface area contributed by atoms with Gasteiger partial charge in [0, 0.05) is 5.41 Å². The third-order valence-electron chi connectivity index (χ3n) is 7.64. The van der Waals surface area contributed by atoms with E-state index in [4.69, 9.17) is 9.47 Å². The number of hydrogen-bond donors (Lipinski definition) is 2. The topological polar surface area (TPSA) is 58.9 Å². The maximum atomic E-state index is 10.5. The van der Waals surface area contributed by atoms with Crippen molar-refractivity contribution in [1.29, 1.82) is 0 Å². The molecule has 37 heavy (non-hydrogen) atoms. The van der Waals surface area contributed by atoms with E-state index in [-0.39, 0.29) is 24.0 Å². The van der Waals surface area contributed by atoms with Gasteiger partial charge in [0.25, 0.3) is 0 Å². The van der Waals surface area contributed by atoms with Crippen LogP contribution in [0.25, 0.3) is 0 Å². The predicted molar refractivity (Wildman–Crippen MR) is 152 cm³/mol. The molecule has 0 fully saturated rings. The molecule has 0 heterocycles. The highest BCUT2D eigenvalue weighted by atomic mass is 16.5. The summed E-state index contributed by atoms with van der Waals surface area (Å²) in [5.74, 6) is 1.60. The number of aliphatic hydroxyl groups is 2. The van der Waals surface area contributed by atoms with E-state index >= 15 is 0 Å². The lowest BCUT2D eigenvalue weighted by Crippen LogP contribution is -2.32. The number of ether oxygens (including phenoxy) is 2. The molecule has 0 spiro atoms. The van der Waals surface area contributed by atoms with Gasteiger partial charge in [-0.25, -0.2) is 0 Å². The van der Waals surface area contributed by atoms with Gasteiger partial charge in [-0.15, -0.1) is 0 Å². The predicted octanol–water partition coefficient (Wildman–Crippen LogP) is 7.31. The minimum absolute atomic E-state index is 0.138. The van der Waals surface area contributed by atoms with Crippen molar-refractivity contribution >= 4 is 0 Å². The van der Waals surface area contributed by atoms with E-state index in [1.807, 2.05) is 63.2 Å². The third-order valence-corrected chi connectivity index (χ3v) is 7.64. The molecule has 3 aromatic rings. The van der Waals surface area contributed by atoms with Crippen molar-refractivity contribution in [2.24, 2.45) is 5.41 Å². The van der Waals surface area contributed by atoms with Crippen LogP contribution in [0.1, 0.15) is 81.4 Å². The fourth-order valence-corrected chi connectivity index (χ4v) is 4.81. The van der Waals surface area contributed by atoms with Crippen LogP contribution < -0.4 is 9.47 Å². The lowest BCUT2D eigenvalue weighted by atomic mass is 9.70. The minimum Gasteiger partial charge on any atom is -0.491 e. The molecule has 3 rings (SSSR count). The molecule has 0 saturated heterocycles. The van der Waals surface area contributed by atoms with Crippen LogP contribution in [0.5, 0.6) is 11.5 Å². The average Bonchev–Trinajstić information content (AvgIpc) is 2.88. The SMILES string of the molecule is CCC(CC)(c1ccc(OCC(O)c2ccccc2)c(C)c1)c1ccc(OCC(O)C(C)(C)C)c(C)c1. The Morgan fingerprint density at radius 2 is 1.19 bits per heavy atom. The van der Waals surface area contributed by atoms with E-state index in [1.54, 1.807) is 0 Å². The van der Waals surface area contributed by atoms with E-state index in [1.165, 1.54) is 11.1 Å². The largest absolute Gasteiger partial charge is 0.491 e. The summed E-state index contributed by atoms with van der Waals surface area (Å²) in [6.07, 6.45) is 0.713. The summed E-state index contributed by atoms with van der Waals surface area (Å²) >= 11 is 0. The molecule has 0 aromatic heterocycles. The Morgan fingerprint density at radius 3 is 1.62 bits per heavy atom. The highest BCUT2D eigenvalue weighted by Gasteiger charge is 2.32. The van der Waals surface area contributed by atoms with Gasteiger partial charge in [-0.05, 0) is 72.1 Å². The van der Waals surface area contributed by atoms with Gasteiger partial charge in [-0.2, -0.15) is 0 Å². The first-order chi connectivity index (χ1) is 17.5. The monoisotopic (exact) mass is 504 g/mol. The third kappa shape index (κ3) is 6.74. The number of benzene rings is 3. The maximum Gasteiger partial charge on any atom is 0.122 e. The zero-order chi connectivity index (χ0) is 27.2. The normalized spacial score (nSPS) is 13.8. The molecular weight excluding hydrogens is 460 g/mol. The standard InChI is InChI=1S/C33H44O4/c1-8-33(9-2,27-16-18-30(24(4)20-27)37-22-31(35)32(5,6)7)26-15-17-29(23(3)19-26)36-21-28(34)25-13-11-10-12-14-25/h10-20,28,31,34-35H,8-9,21-22H2,1-7H3. The molecule has 0 aliphatic carbocycles. The van der Waals surface area contributed by atoms with Crippen molar-refractivity contribution in [2.45, 2.75) is 78.9 Å². The van der Waals surface area contributed by atoms with Crippen LogP contribution >= 0.6 is 0 Å². The second-order valence-corrected chi connectivity index (χ2v) is 11.2. The van der Waals surface area contributed by atoms with Crippen molar-refractivity contribution in [1.82, 2.24) is 0 Å². The Morgan fingerprint density at radius 1 is 0.703 bits per heavy atom. The molecule has 0 saturated carbocycles. The average molecular weight is 505 g/mol. The van der Waals surface area contributed by atoms with Crippen molar-refractivity contribution < 1.29 is 19.7 Å². The lowest BCUT2D eigenvalue weighted by molar-refractivity contribution is 0.0216. The first-order valence-electron chi connectivity index (χ1n) is 13.4. The molecular formula is C33H44O4. The molecule has 0 radical (unpaired) electrons. The quantitative estimate of drug-likeness (QED) is 0.287. The summed E-state index contributed by atoms with van der Waals surface area (Å²) in [7, 11) is 0. The van der Waals surface area contributed by atoms with E-state index in [9.17, 15) is 10.2 Å². The second-order valence-electron chi connectivity index (χ2n) is 11.2. The summed E-state index contributed by atoms with van der Waals surface area (Å²) in [6.45, 7) is 15.1. The number of hydrogen-bond acceptors (Lipinski definition) is 4. The van der Waals surface area contributed by atoms with Crippen LogP contribution in [-0.4, -0.2) is 29.5 Å². The van der Waals surface area contributed by atoms with Gasteiger partial charge in [0.15, 0.2) is 0 Å². The highest BCUT2D eigenvalue weighted by Crippen LogP contribution is 2.41. The van der Waals surface area contributed by atoms with E-state index in [2.05, 4.69) is 52.0 Å². The highest BCUT2D eigenvalue weighted by molar-refractivity contribution is 5.48. The Bertz CT molecular complexity index is 1140. The van der Waals surface area contributed by atoms with Gasteiger partial charge in [0.2, 0.25) is 0 Å². The molecule has 4 nitrogen and oxygen atoms in total. The van der Waals surface area contributed by atoms with Crippen molar-refractivity contribution in [3.05, 3.63) is 94.5 Å².